The number of ether oxygens (including phenoxy) is 1. The van der Waals surface area contributed by atoms with Crippen LogP contribution >= 0.6 is 0 Å². The quantitative estimate of drug-likeness (QED) is 0.774. The van der Waals surface area contributed by atoms with Crippen LogP contribution in [0.15, 0.2) is 24.5 Å². The summed E-state index contributed by atoms with van der Waals surface area (Å²) in [7, 11) is 0. The van der Waals surface area contributed by atoms with E-state index in [1.807, 2.05) is 12.1 Å². The highest BCUT2D eigenvalue weighted by Gasteiger charge is 2.31. The van der Waals surface area contributed by atoms with Crippen LogP contribution in [-0.2, 0) is 16.1 Å². The molecule has 118 valence electrons. The molecule has 1 saturated heterocycles. The number of pyridine rings is 1. The molecular formula is C14H16F2N4O2. The molecule has 3 N–H and O–H groups in total. The van der Waals surface area contributed by atoms with Crippen molar-refractivity contribution in [2.75, 3.05) is 6.54 Å². The second kappa shape index (κ2) is 6.37. The number of fused-ring (bicyclic) bond motifs is 1. The fraction of sp³-hybridized carbons (Fsp3) is 0.429. The minimum absolute atomic E-state index is 0.225. The van der Waals surface area contributed by atoms with Gasteiger partial charge in [0, 0.05) is 35.5 Å². The third kappa shape index (κ3) is 3.40. The number of aromatic nitrogens is 2. The number of amides is 1. The minimum atomic E-state index is -2.81. The van der Waals surface area contributed by atoms with Crippen molar-refractivity contribution in [1.29, 1.82) is 0 Å². The lowest BCUT2D eigenvalue weighted by atomic mass is 10.2. The third-order valence-corrected chi connectivity index (χ3v) is 3.63. The number of H-pyrrole nitrogens is 1. The molecule has 1 fully saturated rings. The Labute approximate surface area is 125 Å². The first-order valence-electron chi connectivity index (χ1n) is 6.98. The number of alkyl halides is 2. The standard InChI is InChI=1S/C14H16F2N4O2/c15-14(16)22-10-4-12(18-7-10)13(21)19-6-9-3-8-5-17-2-1-11(8)20-9/h1-3,5,10,12,14,18,20H,4,6-7H2,(H,19,21)/t10?,12-/m0/s1. The van der Waals surface area contributed by atoms with Crippen LogP contribution in [0.3, 0.4) is 0 Å². The highest BCUT2D eigenvalue weighted by molar-refractivity contribution is 5.82. The van der Waals surface area contributed by atoms with E-state index in [2.05, 4.69) is 25.3 Å². The lowest BCUT2D eigenvalue weighted by Gasteiger charge is -2.11. The molecule has 2 aromatic rings. The van der Waals surface area contributed by atoms with Gasteiger partial charge in [0.1, 0.15) is 0 Å². The van der Waals surface area contributed by atoms with Crippen LogP contribution in [0.1, 0.15) is 12.1 Å². The zero-order chi connectivity index (χ0) is 15.5. The van der Waals surface area contributed by atoms with Crippen molar-refractivity contribution in [2.45, 2.75) is 31.7 Å². The molecule has 1 aliphatic heterocycles. The molecule has 6 nitrogen and oxygen atoms in total. The van der Waals surface area contributed by atoms with Gasteiger partial charge >= 0.3 is 6.61 Å². The van der Waals surface area contributed by atoms with E-state index >= 15 is 0 Å². The Bertz CT molecular complexity index is 628. The van der Waals surface area contributed by atoms with Gasteiger partial charge in [-0.25, -0.2) is 0 Å². The first-order valence-corrected chi connectivity index (χ1v) is 6.98. The van der Waals surface area contributed by atoms with E-state index in [9.17, 15) is 13.6 Å². The van der Waals surface area contributed by atoms with Crippen LogP contribution in [0.2, 0.25) is 0 Å². The molecular weight excluding hydrogens is 294 g/mol. The smallest absolute Gasteiger partial charge is 0.345 e. The molecule has 2 aromatic heterocycles. The molecule has 0 radical (unpaired) electrons. The van der Waals surface area contributed by atoms with Crippen molar-refractivity contribution in [3.8, 4) is 0 Å². The number of hydrogen-bond donors (Lipinski definition) is 3. The maximum Gasteiger partial charge on any atom is 0.345 e. The molecule has 1 amide bonds. The SMILES string of the molecule is O=C(NCc1cc2cnccc2[nH]1)[C@@H]1CC(OC(F)F)CN1. The molecule has 3 heterocycles. The van der Waals surface area contributed by atoms with E-state index in [-0.39, 0.29) is 18.9 Å². The summed E-state index contributed by atoms with van der Waals surface area (Å²) in [5, 5.41) is 6.63. The largest absolute Gasteiger partial charge is 0.357 e. The molecule has 8 heteroatoms. The number of nitrogens with one attached hydrogen (secondary N) is 3. The number of aromatic amines is 1. The summed E-state index contributed by atoms with van der Waals surface area (Å²) in [5.74, 6) is -0.225. The summed E-state index contributed by atoms with van der Waals surface area (Å²) in [6.45, 7) is -2.22. The predicted molar refractivity (Wildman–Crippen MR) is 75.2 cm³/mol. The normalized spacial score (nSPS) is 21.6. The molecule has 0 bridgehead atoms. The van der Waals surface area contributed by atoms with E-state index in [1.165, 1.54) is 0 Å². The summed E-state index contributed by atoms with van der Waals surface area (Å²) in [6.07, 6.45) is 3.04. The van der Waals surface area contributed by atoms with Crippen LogP contribution in [0.25, 0.3) is 10.9 Å². The van der Waals surface area contributed by atoms with Gasteiger partial charge in [0.05, 0.1) is 18.7 Å². The Morgan fingerprint density at radius 3 is 3.18 bits per heavy atom. The Morgan fingerprint density at radius 1 is 1.55 bits per heavy atom. The lowest BCUT2D eigenvalue weighted by Crippen LogP contribution is -2.40. The highest BCUT2D eigenvalue weighted by Crippen LogP contribution is 2.15. The van der Waals surface area contributed by atoms with Crippen LogP contribution in [-0.4, -0.2) is 41.2 Å². The van der Waals surface area contributed by atoms with Gasteiger partial charge < -0.3 is 20.4 Å². The fourth-order valence-corrected chi connectivity index (χ4v) is 2.59. The van der Waals surface area contributed by atoms with E-state index < -0.39 is 18.8 Å². The molecule has 0 spiro atoms. The van der Waals surface area contributed by atoms with Gasteiger partial charge in [0.2, 0.25) is 5.91 Å². The van der Waals surface area contributed by atoms with Crippen molar-refractivity contribution in [3.05, 3.63) is 30.2 Å². The first-order chi connectivity index (χ1) is 10.6. The van der Waals surface area contributed by atoms with Gasteiger partial charge in [0.25, 0.3) is 0 Å². The zero-order valence-corrected chi connectivity index (χ0v) is 11.7. The lowest BCUT2D eigenvalue weighted by molar-refractivity contribution is -0.157. The molecule has 1 unspecified atom stereocenters. The van der Waals surface area contributed by atoms with Crippen molar-refractivity contribution in [1.82, 2.24) is 20.6 Å². The van der Waals surface area contributed by atoms with Crippen LogP contribution < -0.4 is 10.6 Å². The van der Waals surface area contributed by atoms with E-state index in [0.717, 1.165) is 16.6 Å². The van der Waals surface area contributed by atoms with Gasteiger partial charge in [0.15, 0.2) is 0 Å². The average molecular weight is 310 g/mol. The van der Waals surface area contributed by atoms with Gasteiger partial charge in [-0.2, -0.15) is 8.78 Å². The first kappa shape index (κ1) is 14.9. The number of hydrogen-bond acceptors (Lipinski definition) is 4. The maximum atomic E-state index is 12.1. The summed E-state index contributed by atoms with van der Waals surface area (Å²) in [4.78, 5) is 19.2. The Hall–Kier alpha value is -2.06. The summed E-state index contributed by atoms with van der Waals surface area (Å²) < 4.78 is 28.7. The van der Waals surface area contributed by atoms with Gasteiger partial charge in [-0.15, -0.1) is 0 Å². The number of carbonyl (C=O) groups is 1. The van der Waals surface area contributed by atoms with Crippen molar-refractivity contribution < 1.29 is 18.3 Å². The third-order valence-electron chi connectivity index (χ3n) is 3.63. The van der Waals surface area contributed by atoms with E-state index in [1.54, 1.807) is 12.4 Å². The Morgan fingerprint density at radius 2 is 2.41 bits per heavy atom. The van der Waals surface area contributed by atoms with Gasteiger partial charge in [-0.05, 0) is 18.6 Å². The van der Waals surface area contributed by atoms with Crippen molar-refractivity contribution >= 4 is 16.8 Å². The van der Waals surface area contributed by atoms with Crippen LogP contribution in [0.5, 0.6) is 0 Å². The maximum absolute atomic E-state index is 12.1. The second-order valence-corrected chi connectivity index (χ2v) is 5.19. The Kier molecular flexibility index (Phi) is 4.30. The van der Waals surface area contributed by atoms with Gasteiger partial charge in [-0.3, -0.25) is 9.78 Å². The number of halogens is 2. The van der Waals surface area contributed by atoms with Crippen LogP contribution in [0, 0.1) is 0 Å². The van der Waals surface area contributed by atoms with E-state index in [0.29, 0.717) is 6.54 Å². The molecule has 2 atom stereocenters. The van der Waals surface area contributed by atoms with Crippen molar-refractivity contribution in [2.24, 2.45) is 0 Å². The number of rotatable bonds is 5. The summed E-state index contributed by atoms with van der Waals surface area (Å²) >= 11 is 0. The Balaban J connectivity index is 1.52. The molecule has 22 heavy (non-hydrogen) atoms. The fourth-order valence-electron chi connectivity index (χ4n) is 2.59. The number of carbonyl (C=O) groups excluding carboxylic acids is 1. The topological polar surface area (TPSA) is 79.0 Å². The van der Waals surface area contributed by atoms with Crippen molar-refractivity contribution in [3.63, 3.8) is 0 Å². The van der Waals surface area contributed by atoms with Crippen LogP contribution in [0.4, 0.5) is 8.78 Å². The molecule has 1 aliphatic rings. The zero-order valence-electron chi connectivity index (χ0n) is 11.7. The van der Waals surface area contributed by atoms with Gasteiger partial charge in [-0.1, -0.05) is 0 Å². The monoisotopic (exact) mass is 310 g/mol. The molecule has 0 aliphatic carbocycles. The highest BCUT2D eigenvalue weighted by atomic mass is 19.3. The van der Waals surface area contributed by atoms with E-state index in [4.69, 9.17) is 0 Å². The number of nitrogens with zero attached hydrogens (tertiary/aromatic N) is 1. The second-order valence-electron chi connectivity index (χ2n) is 5.19. The minimum Gasteiger partial charge on any atom is -0.357 e. The molecule has 3 rings (SSSR count). The average Bonchev–Trinajstić information content (AvgIpc) is 3.10. The summed E-state index contributed by atoms with van der Waals surface area (Å²) in [6, 6.07) is 3.26. The summed E-state index contributed by atoms with van der Waals surface area (Å²) in [5.41, 5.74) is 1.80. The predicted octanol–water partition coefficient (Wildman–Crippen LogP) is 1.15. The molecule has 0 saturated carbocycles. The molecule has 0 aromatic carbocycles.